The Morgan fingerprint density at radius 2 is 1.54 bits per heavy atom. The van der Waals surface area contributed by atoms with Gasteiger partial charge in [0.1, 0.15) is 5.69 Å². The van der Waals surface area contributed by atoms with E-state index in [9.17, 15) is 43.6 Å². The number of halogens is 5. The highest BCUT2D eigenvalue weighted by molar-refractivity contribution is 7.91. The largest absolute Gasteiger partial charge is 0.416 e. The van der Waals surface area contributed by atoms with Crippen molar-refractivity contribution in [3.63, 3.8) is 0 Å². The fourth-order valence-electron chi connectivity index (χ4n) is 3.28. The smallest absolute Gasteiger partial charge is 0.347 e. The van der Waals surface area contributed by atoms with Crippen LogP contribution in [0.3, 0.4) is 0 Å². The monoisotopic (exact) mass is 562 g/mol. The number of carbonyl (C=O) groups excluding carboxylic acids is 1. The van der Waals surface area contributed by atoms with Crippen LogP contribution >= 0.6 is 0 Å². The Hall–Kier alpha value is -3.39. The minimum atomic E-state index is -4.78. The second kappa shape index (κ2) is 9.82. The number of pyridine rings is 1. The number of nitrogens with one attached hydrogen (secondary N) is 1. The minimum Gasteiger partial charge on any atom is -0.347 e. The van der Waals surface area contributed by atoms with E-state index in [0.29, 0.717) is 31.5 Å². The third kappa shape index (κ3) is 6.31. The van der Waals surface area contributed by atoms with Gasteiger partial charge in [-0.15, -0.1) is 0 Å². The van der Waals surface area contributed by atoms with Crippen LogP contribution in [0.2, 0.25) is 0 Å². The van der Waals surface area contributed by atoms with E-state index < -0.39 is 75.7 Å². The number of aromatic nitrogens is 1. The maximum absolute atomic E-state index is 13.7. The van der Waals surface area contributed by atoms with Crippen molar-refractivity contribution in [2.24, 2.45) is 0 Å². The summed E-state index contributed by atoms with van der Waals surface area (Å²) in [6, 6.07) is 8.96. The number of benzene rings is 2. The molecule has 0 saturated carbocycles. The lowest BCUT2D eigenvalue weighted by atomic mass is 10.1. The quantitative estimate of drug-likeness (QED) is 0.428. The first-order chi connectivity index (χ1) is 16.9. The van der Waals surface area contributed by atoms with E-state index >= 15 is 0 Å². The van der Waals surface area contributed by atoms with Crippen molar-refractivity contribution in [3.8, 4) is 0 Å². The average molecular weight is 563 g/mol. The van der Waals surface area contributed by atoms with Crippen molar-refractivity contribution in [2.75, 3.05) is 6.26 Å². The van der Waals surface area contributed by atoms with Crippen LogP contribution in [0, 0.1) is 0 Å². The van der Waals surface area contributed by atoms with Gasteiger partial charge in [-0.25, -0.2) is 30.6 Å². The molecule has 198 valence electrons. The first-order valence-corrected chi connectivity index (χ1v) is 13.7. The van der Waals surface area contributed by atoms with E-state index in [4.69, 9.17) is 0 Å². The van der Waals surface area contributed by atoms with Crippen LogP contribution < -0.4 is 5.32 Å². The van der Waals surface area contributed by atoms with Crippen molar-refractivity contribution in [1.82, 2.24) is 10.3 Å². The van der Waals surface area contributed by atoms with Crippen LogP contribution in [0.25, 0.3) is 0 Å². The Bertz CT molecular complexity index is 1560. The molecule has 7 nitrogen and oxygen atoms in total. The summed E-state index contributed by atoms with van der Waals surface area (Å²) in [6.07, 6.45) is -3.43. The highest BCUT2D eigenvalue weighted by atomic mass is 32.2. The molecule has 0 aliphatic rings. The maximum atomic E-state index is 13.7. The molecule has 0 fully saturated rings. The van der Waals surface area contributed by atoms with Gasteiger partial charge in [-0.05, 0) is 35.9 Å². The molecule has 1 N–H and O–H groups in total. The van der Waals surface area contributed by atoms with Crippen molar-refractivity contribution in [2.45, 2.75) is 40.3 Å². The van der Waals surface area contributed by atoms with Gasteiger partial charge < -0.3 is 5.32 Å². The molecule has 1 amide bonds. The molecule has 1 heterocycles. The third-order valence-electron chi connectivity index (χ3n) is 5.15. The lowest BCUT2D eigenvalue weighted by molar-refractivity contribution is -0.137. The van der Waals surface area contributed by atoms with E-state index in [1.807, 2.05) is 0 Å². The Labute approximate surface area is 209 Å². The van der Waals surface area contributed by atoms with Gasteiger partial charge in [0.05, 0.1) is 20.2 Å². The number of amides is 1. The Morgan fingerprint density at radius 1 is 0.892 bits per heavy atom. The lowest BCUT2D eigenvalue weighted by Gasteiger charge is -2.15. The number of sulfone groups is 2. The Kier molecular flexibility index (Phi) is 7.48. The minimum absolute atomic E-state index is 0.0223. The van der Waals surface area contributed by atoms with Gasteiger partial charge in [-0.3, -0.25) is 4.79 Å². The molecule has 0 saturated heterocycles. The van der Waals surface area contributed by atoms with Gasteiger partial charge in [-0.2, -0.15) is 13.2 Å². The summed E-state index contributed by atoms with van der Waals surface area (Å²) in [6.45, 7) is 0.0291. The molecule has 0 unspecified atom stereocenters. The topological polar surface area (TPSA) is 110 Å². The molecule has 0 radical (unpaired) electrons. The molecule has 0 aliphatic heterocycles. The zero-order valence-electron chi connectivity index (χ0n) is 19.2. The lowest BCUT2D eigenvalue weighted by Crippen LogP contribution is -2.27. The van der Waals surface area contributed by atoms with Crippen molar-refractivity contribution < 1.29 is 43.6 Å². The third-order valence-corrected chi connectivity index (χ3v) is 8.11. The SMILES string of the molecule is CC(F)(F)c1cnc(C(=O)NCc2ccccc2S(=O)(=O)c2cccc(C(F)(F)F)c2)c(S(C)(=O)=O)c1. The highest BCUT2D eigenvalue weighted by Crippen LogP contribution is 2.33. The predicted octanol–water partition coefficient (Wildman–Crippen LogP) is 4.38. The summed E-state index contributed by atoms with van der Waals surface area (Å²) < 4.78 is 117. The zero-order valence-corrected chi connectivity index (χ0v) is 20.8. The maximum Gasteiger partial charge on any atom is 0.416 e. The number of nitrogens with zero attached hydrogens (tertiary/aromatic N) is 1. The van der Waals surface area contributed by atoms with E-state index in [1.165, 1.54) is 18.2 Å². The van der Waals surface area contributed by atoms with E-state index in [-0.39, 0.29) is 5.56 Å². The molecule has 3 aromatic rings. The van der Waals surface area contributed by atoms with Crippen molar-refractivity contribution in [1.29, 1.82) is 0 Å². The average Bonchev–Trinajstić information content (AvgIpc) is 2.80. The van der Waals surface area contributed by atoms with Crippen LogP contribution in [-0.2, 0) is 38.3 Å². The molecule has 0 bridgehead atoms. The standard InChI is InChI=1S/C23H19F5N2O5S2/c1-22(24,25)16-11-19(36(2,32)33)20(29-13-16)21(31)30-12-14-6-3-4-9-18(14)37(34,35)17-8-5-7-15(10-17)23(26,27)28/h3-11,13H,12H2,1-2H3,(H,30,31). The van der Waals surface area contributed by atoms with Gasteiger partial charge in [-0.1, -0.05) is 24.3 Å². The summed E-state index contributed by atoms with van der Waals surface area (Å²) in [5.74, 6) is -4.53. The number of carbonyl (C=O) groups is 1. The number of hydrogen-bond acceptors (Lipinski definition) is 6. The summed E-state index contributed by atoms with van der Waals surface area (Å²) >= 11 is 0. The Morgan fingerprint density at radius 3 is 2.14 bits per heavy atom. The molecule has 37 heavy (non-hydrogen) atoms. The second-order valence-corrected chi connectivity index (χ2v) is 12.0. The zero-order chi connectivity index (χ0) is 27.8. The summed E-state index contributed by atoms with van der Waals surface area (Å²) in [5, 5.41) is 2.29. The summed E-state index contributed by atoms with van der Waals surface area (Å²) in [5.41, 5.74) is -2.61. The molecule has 0 aliphatic carbocycles. The molecule has 1 aromatic heterocycles. The molecule has 0 spiro atoms. The molecule has 14 heteroatoms. The predicted molar refractivity (Wildman–Crippen MR) is 121 cm³/mol. The van der Waals surface area contributed by atoms with Gasteiger partial charge >= 0.3 is 6.18 Å². The fraction of sp³-hybridized carbons (Fsp3) is 0.217. The van der Waals surface area contributed by atoms with Gasteiger partial charge in [0.15, 0.2) is 9.84 Å². The van der Waals surface area contributed by atoms with Crippen LogP contribution in [-0.4, -0.2) is 34.0 Å². The molecule has 2 aromatic carbocycles. The first kappa shape index (κ1) is 28.2. The van der Waals surface area contributed by atoms with Gasteiger partial charge in [0, 0.05) is 31.5 Å². The summed E-state index contributed by atoms with van der Waals surface area (Å²) in [7, 11) is -8.64. The van der Waals surface area contributed by atoms with E-state index in [2.05, 4.69) is 10.3 Å². The molecular weight excluding hydrogens is 543 g/mol. The van der Waals surface area contributed by atoms with E-state index in [0.717, 1.165) is 24.3 Å². The van der Waals surface area contributed by atoms with Crippen LogP contribution in [0.15, 0.2) is 75.5 Å². The molecular formula is C23H19F5N2O5S2. The molecule has 0 atom stereocenters. The first-order valence-electron chi connectivity index (χ1n) is 10.3. The van der Waals surface area contributed by atoms with Crippen LogP contribution in [0.4, 0.5) is 22.0 Å². The Balaban J connectivity index is 1.96. The van der Waals surface area contributed by atoms with Crippen molar-refractivity contribution in [3.05, 3.63) is 83.2 Å². The van der Waals surface area contributed by atoms with Crippen LogP contribution in [0.1, 0.15) is 34.1 Å². The second-order valence-electron chi connectivity index (χ2n) is 8.05. The number of alkyl halides is 5. The van der Waals surface area contributed by atoms with Crippen LogP contribution in [0.5, 0.6) is 0 Å². The fourth-order valence-corrected chi connectivity index (χ4v) is 5.65. The van der Waals surface area contributed by atoms with Gasteiger partial charge in [0.2, 0.25) is 9.84 Å². The van der Waals surface area contributed by atoms with Crippen molar-refractivity contribution >= 4 is 25.6 Å². The molecule has 3 rings (SSSR count). The normalized spacial score (nSPS) is 12.8. The van der Waals surface area contributed by atoms with Gasteiger partial charge in [0.25, 0.3) is 11.8 Å². The number of hydrogen-bond donors (Lipinski definition) is 1. The van der Waals surface area contributed by atoms with E-state index in [1.54, 1.807) is 0 Å². The summed E-state index contributed by atoms with van der Waals surface area (Å²) in [4.78, 5) is 14.5. The highest BCUT2D eigenvalue weighted by Gasteiger charge is 2.33. The number of rotatable bonds is 7.